The summed E-state index contributed by atoms with van der Waals surface area (Å²) in [5.74, 6) is -0.945. The number of primary amides is 1. The minimum Gasteiger partial charge on any atom is -0.480 e. The van der Waals surface area contributed by atoms with Gasteiger partial charge in [0.05, 0.1) is 18.8 Å². The van der Waals surface area contributed by atoms with Gasteiger partial charge in [-0.05, 0) is 37.1 Å². The number of ether oxygens (including phenoxy) is 2. The second kappa shape index (κ2) is 5.90. The summed E-state index contributed by atoms with van der Waals surface area (Å²) in [7, 11) is 1.43. The van der Waals surface area contributed by atoms with Gasteiger partial charge in [0.15, 0.2) is 5.69 Å². The van der Waals surface area contributed by atoms with E-state index in [1.165, 1.54) is 31.5 Å². The Labute approximate surface area is 154 Å². The summed E-state index contributed by atoms with van der Waals surface area (Å²) < 4.78 is 24.8. The van der Waals surface area contributed by atoms with Gasteiger partial charge >= 0.3 is 0 Å². The maximum Gasteiger partial charge on any atom is 0.283 e. The van der Waals surface area contributed by atoms with Gasteiger partial charge in [0.2, 0.25) is 5.88 Å². The molecule has 1 aliphatic heterocycles. The van der Waals surface area contributed by atoms with Crippen molar-refractivity contribution in [2.45, 2.75) is 25.0 Å². The first-order chi connectivity index (χ1) is 12.8. The smallest absolute Gasteiger partial charge is 0.283 e. The van der Waals surface area contributed by atoms with Gasteiger partial charge in [-0.2, -0.15) is 0 Å². The van der Waals surface area contributed by atoms with Gasteiger partial charge in [-0.3, -0.25) is 4.79 Å². The van der Waals surface area contributed by atoms with E-state index >= 15 is 0 Å². The molecule has 9 heteroatoms. The highest BCUT2D eigenvalue weighted by Gasteiger charge is 2.57. The van der Waals surface area contributed by atoms with Crippen LogP contribution in [0.15, 0.2) is 29.4 Å². The molecular weight excluding hydrogens is 353 g/mol. The minimum atomic E-state index is -0.829. The number of benzene rings is 1. The van der Waals surface area contributed by atoms with E-state index in [-0.39, 0.29) is 35.3 Å². The van der Waals surface area contributed by atoms with Gasteiger partial charge in [-0.1, -0.05) is 0 Å². The van der Waals surface area contributed by atoms with E-state index in [2.05, 4.69) is 15.0 Å². The molecule has 0 spiro atoms. The molecule has 0 saturated heterocycles. The van der Waals surface area contributed by atoms with E-state index in [0.29, 0.717) is 11.1 Å². The number of hydrogen-bond donors (Lipinski definition) is 2. The number of fused-ring (bicyclic) bond motifs is 1. The van der Waals surface area contributed by atoms with Crippen molar-refractivity contribution in [3.63, 3.8) is 0 Å². The molecule has 140 valence electrons. The molecule has 8 nitrogen and oxygen atoms in total. The topological polar surface area (TPSA) is 126 Å². The zero-order valence-corrected chi connectivity index (χ0v) is 14.8. The Balaban J connectivity index is 1.97. The summed E-state index contributed by atoms with van der Waals surface area (Å²) in [5, 5.41) is 0. The Morgan fingerprint density at radius 1 is 1.44 bits per heavy atom. The van der Waals surface area contributed by atoms with Crippen molar-refractivity contribution < 1.29 is 18.7 Å². The number of halogens is 1. The number of amidine groups is 1. The number of aromatic nitrogens is 2. The van der Waals surface area contributed by atoms with Crippen molar-refractivity contribution in [1.29, 1.82) is 0 Å². The van der Waals surface area contributed by atoms with Crippen molar-refractivity contribution in [3.8, 4) is 17.1 Å². The van der Waals surface area contributed by atoms with Crippen LogP contribution in [0.5, 0.6) is 5.88 Å². The zero-order chi connectivity index (χ0) is 19.3. The van der Waals surface area contributed by atoms with Crippen LogP contribution in [0.25, 0.3) is 11.3 Å². The van der Waals surface area contributed by atoms with Crippen LogP contribution in [0.2, 0.25) is 0 Å². The van der Waals surface area contributed by atoms with Crippen LogP contribution >= 0.6 is 0 Å². The lowest BCUT2D eigenvalue weighted by Gasteiger charge is -2.31. The van der Waals surface area contributed by atoms with Gasteiger partial charge in [0.25, 0.3) is 11.9 Å². The molecule has 1 amide bonds. The number of methoxy groups -OCH3 is 1. The van der Waals surface area contributed by atoms with E-state index in [1.807, 2.05) is 6.92 Å². The van der Waals surface area contributed by atoms with Crippen molar-refractivity contribution in [1.82, 2.24) is 9.97 Å². The van der Waals surface area contributed by atoms with E-state index in [9.17, 15) is 9.18 Å². The summed E-state index contributed by atoms with van der Waals surface area (Å²) in [6.45, 7) is 1.86. The van der Waals surface area contributed by atoms with Crippen LogP contribution in [0.1, 0.15) is 29.4 Å². The highest BCUT2D eigenvalue weighted by atomic mass is 19.1. The van der Waals surface area contributed by atoms with Crippen LogP contribution in [0.3, 0.4) is 0 Å². The maximum absolute atomic E-state index is 14.2. The molecule has 1 saturated carbocycles. The number of carbonyl (C=O) groups excluding carboxylic acids is 1. The fourth-order valence-corrected chi connectivity index (χ4v) is 3.63. The lowest BCUT2D eigenvalue weighted by molar-refractivity contribution is 0.0995. The van der Waals surface area contributed by atoms with Crippen LogP contribution in [0, 0.1) is 11.7 Å². The Kier molecular flexibility index (Phi) is 3.76. The first-order valence-electron chi connectivity index (χ1n) is 8.36. The first-order valence-corrected chi connectivity index (χ1v) is 8.36. The van der Waals surface area contributed by atoms with E-state index < -0.39 is 17.3 Å². The highest BCUT2D eigenvalue weighted by molar-refractivity contribution is 5.97. The predicted octanol–water partition coefficient (Wildman–Crippen LogP) is 1.34. The van der Waals surface area contributed by atoms with Gasteiger partial charge in [0.1, 0.15) is 17.6 Å². The van der Waals surface area contributed by atoms with E-state index in [4.69, 9.17) is 20.9 Å². The number of rotatable bonds is 4. The van der Waals surface area contributed by atoms with Crippen molar-refractivity contribution >= 4 is 11.9 Å². The molecule has 1 aliphatic carbocycles. The van der Waals surface area contributed by atoms with Crippen LogP contribution in [-0.2, 0) is 10.3 Å². The van der Waals surface area contributed by atoms with E-state index in [1.54, 1.807) is 0 Å². The lowest BCUT2D eigenvalue weighted by Crippen LogP contribution is -2.35. The normalized spacial score (nSPS) is 25.8. The Hall–Kier alpha value is -3.23. The van der Waals surface area contributed by atoms with Gasteiger partial charge in [0, 0.05) is 11.5 Å². The molecular formula is C18H18FN5O3. The monoisotopic (exact) mass is 371 g/mol. The largest absolute Gasteiger partial charge is 0.480 e. The van der Waals surface area contributed by atoms with Crippen molar-refractivity contribution in [3.05, 3.63) is 41.5 Å². The fraction of sp³-hybridized carbons (Fsp3) is 0.333. The van der Waals surface area contributed by atoms with E-state index in [0.717, 1.165) is 6.42 Å². The molecule has 1 aromatic heterocycles. The predicted molar refractivity (Wildman–Crippen MR) is 94.5 cm³/mol. The minimum absolute atomic E-state index is 0.0383. The van der Waals surface area contributed by atoms with Crippen LogP contribution in [-0.4, -0.2) is 35.1 Å². The average Bonchev–Trinajstić information content (AvgIpc) is 3.41. The molecule has 4 rings (SSSR count). The number of nitrogens with two attached hydrogens (primary N) is 2. The molecule has 4 N–H and O–H groups in total. The lowest BCUT2D eigenvalue weighted by atomic mass is 9.82. The Morgan fingerprint density at radius 3 is 2.93 bits per heavy atom. The molecule has 2 aliphatic rings. The number of nitrogens with zero attached hydrogens (tertiary/aromatic N) is 3. The average molecular weight is 371 g/mol. The highest BCUT2D eigenvalue weighted by Crippen LogP contribution is 2.54. The third kappa shape index (κ3) is 2.75. The van der Waals surface area contributed by atoms with Gasteiger partial charge < -0.3 is 20.9 Å². The zero-order valence-electron chi connectivity index (χ0n) is 14.8. The first kappa shape index (κ1) is 17.2. The molecule has 0 radical (unpaired) electrons. The van der Waals surface area contributed by atoms with Crippen LogP contribution in [0.4, 0.5) is 4.39 Å². The summed E-state index contributed by atoms with van der Waals surface area (Å²) in [4.78, 5) is 24.8. The molecule has 2 heterocycles. The van der Waals surface area contributed by atoms with Gasteiger partial charge in [-0.25, -0.2) is 19.4 Å². The molecule has 1 aromatic carbocycles. The third-order valence-electron chi connectivity index (χ3n) is 5.04. The number of amides is 1. The molecule has 0 bridgehead atoms. The summed E-state index contributed by atoms with van der Waals surface area (Å²) in [6, 6.07) is 4.24. The maximum atomic E-state index is 14.2. The molecule has 2 aromatic rings. The van der Waals surface area contributed by atoms with Crippen molar-refractivity contribution in [2.75, 3.05) is 7.11 Å². The second-order valence-corrected chi connectivity index (χ2v) is 6.76. The molecule has 27 heavy (non-hydrogen) atoms. The Morgan fingerprint density at radius 2 is 2.22 bits per heavy atom. The molecule has 0 unspecified atom stereocenters. The standard InChI is InChI=1S/C18H18FN5O3/c1-18(11-6-12(11)27-17(21)24-18)10-5-8(19)3-4-9(10)14-15(16(20)25)22-7-13(23-14)26-2/h3-5,7,11-12H,6H2,1-2H3,(H2,20,25)(H2,21,24)/t11-,12+,18-/m0/s1. The second-order valence-electron chi connectivity index (χ2n) is 6.76. The van der Waals surface area contributed by atoms with Gasteiger partial charge in [-0.15, -0.1) is 0 Å². The molecule has 3 atom stereocenters. The summed E-state index contributed by atoms with van der Waals surface area (Å²) >= 11 is 0. The SMILES string of the molecule is COc1cnc(C(N)=O)c(-c2ccc(F)cc2[C@]2(C)N=C(N)O[C@@H]3C[C@@H]32)n1. The number of carbonyl (C=O) groups is 1. The third-order valence-corrected chi connectivity index (χ3v) is 5.04. The summed E-state index contributed by atoms with van der Waals surface area (Å²) in [5.41, 5.74) is 11.7. The summed E-state index contributed by atoms with van der Waals surface area (Å²) in [6.07, 6.45) is 2.00. The quantitative estimate of drug-likeness (QED) is 0.835. The molecule has 1 fully saturated rings. The Bertz CT molecular complexity index is 979. The number of hydrogen-bond acceptors (Lipinski definition) is 7. The van der Waals surface area contributed by atoms with Crippen molar-refractivity contribution in [2.24, 2.45) is 22.4 Å². The fourth-order valence-electron chi connectivity index (χ4n) is 3.63. The van der Waals surface area contributed by atoms with Crippen LogP contribution < -0.4 is 16.2 Å². The number of aliphatic imine (C=N–C) groups is 1.